The maximum Gasteiger partial charge on any atom is 0.0594 e. The van der Waals surface area contributed by atoms with Crippen LogP contribution in [-0.2, 0) is 22.6 Å². The van der Waals surface area contributed by atoms with Gasteiger partial charge in [-0.25, -0.2) is 0 Å². The molecule has 2 aromatic carbocycles. The Morgan fingerprint density at radius 3 is 1.44 bits per heavy atom. The quantitative estimate of drug-likeness (QED) is 0.760. The van der Waals surface area contributed by atoms with Crippen molar-refractivity contribution in [3.8, 4) is 0 Å². The summed E-state index contributed by atoms with van der Waals surface area (Å²) in [5.41, 5.74) is 2.69. The molecule has 2 aromatic rings. The fraction of sp³-hybridized carbons (Fsp3) is 0.538. The van der Waals surface area contributed by atoms with Crippen molar-refractivity contribution in [2.75, 3.05) is 78.8 Å². The van der Waals surface area contributed by atoms with Crippen molar-refractivity contribution in [2.24, 2.45) is 0 Å². The molecule has 0 bridgehead atoms. The third-order valence-corrected chi connectivity index (χ3v) is 5.66. The second kappa shape index (κ2) is 15.9. The van der Waals surface area contributed by atoms with Crippen molar-refractivity contribution >= 4 is 0 Å². The minimum Gasteiger partial charge on any atom is -0.379 e. The lowest BCUT2D eigenvalue weighted by Gasteiger charge is -2.25. The second-order valence-corrected chi connectivity index (χ2v) is 8.25. The number of ether oxygens (including phenoxy) is 2. The minimum absolute atomic E-state index is 0.754. The largest absolute Gasteiger partial charge is 0.379 e. The summed E-state index contributed by atoms with van der Waals surface area (Å²) in [5.74, 6) is 0. The Morgan fingerprint density at radius 2 is 0.969 bits per heavy atom. The minimum atomic E-state index is 0.754. The van der Waals surface area contributed by atoms with E-state index in [-0.39, 0.29) is 0 Å². The van der Waals surface area contributed by atoms with E-state index in [9.17, 15) is 0 Å². The molecule has 0 aromatic heterocycles. The maximum absolute atomic E-state index is 6.07. The van der Waals surface area contributed by atoms with Gasteiger partial charge >= 0.3 is 0 Å². The summed E-state index contributed by atoms with van der Waals surface area (Å²) < 4.78 is 11.8. The average molecular weight is 441 g/mol. The van der Waals surface area contributed by atoms with E-state index in [1.807, 2.05) is 0 Å². The first kappa shape index (κ1) is 24.8. The summed E-state index contributed by atoms with van der Waals surface area (Å²) in [6.45, 7) is 12.5. The summed E-state index contributed by atoms with van der Waals surface area (Å²) in [6, 6.07) is 21.4. The zero-order valence-corrected chi connectivity index (χ0v) is 19.4. The zero-order valence-electron chi connectivity index (χ0n) is 19.4. The first-order chi connectivity index (χ1) is 15.9. The molecule has 0 saturated carbocycles. The number of nitrogens with zero attached hydrogens (tertiary/aromatic N) is 2. The third-order valence-electron chi connectivity index (χ3n) is 5.66. The summed E-state index contributed by atoms with van der Waals surface area (Å²) in [7, 11) is 0. The molecule has 2 N–H and O–H groups in total. The van der Waals surface area contributed by atoms with Crippen LogP contribution in [0.15, 0.2) is 60.7 Å². The van der Waals surface area contributed by atoms with Crippen LogP contribution in [0.5, 0.6) is 0 Å². The number of hydrogen-bond acceptors (Lipinski definition) is 6. The van der Waals surface area contributed by atoms with E-state index in [0.717, 1.165) is 91.9 Å². The Labute approximate surface area is 193 Å². The highest BCUT2D eigenvalue weighted by atomic mass is 16.5. The predicted molar refractivity (Wildman–Crippen MR) is 131 cm³/mol. The monoisotopic (exact) mass is 440 g/mol. The highest BCUT2D eigenvalue weighted by Crippen LogP contribution is 2.05. The number of benzene rings is 2. The number of hydrogen-bond donors (Lipinski definition) is 2. The summed E-state index contributed by atoms with van der Waals surface area (Å²) in [5, 5.41) is 7.00. The van der Waals surface area contributed by atoms with Crippen LogP contribution in [0, 0.1) is 0 Å². The molecule has 1 aliphatic rings. The van der Waals surface area contributed by atoms with Crippen LogP contribution in [0.3, 0.4) is 0 Å². The van der Waals surface area contributed by atoms with Crippen LogP contribution in [0.25, 0.3) is 0 Å². The van der Waals surface area contributed by atoms with Gasteiger partial charge in [0.25, 0.3) is 0 Å². The molecular formula is C26H40N4O2. The molecule has 3 rings (SSSR count). The molecule has 1 aliphatic heterocycles. The first-order valence-corrected chi connectivity index (χ1v) is 12.0. The highest BCUT2D eigenvalue weighted by Gasteiger charge is 2.09. The molecule has 6 heteroatoms. The van der Waals surface area contributed by atoms with Crippen LogP contribution >= 0.6 is 0 Å². The van der Waals surface area contributed by atoms with Gasteiger partial charge in [0.2, 0.25) is 0 Å². The Morgan fingerprint density at radius 1 is 0.531 bits per heavy atom. The van der Waals surface area contributed by atoms with Gasteiger partial charge in [0.15, 0.2) is 0 Å². The first-order valence-electron chi connectivity index (χ1n) is 12.0. The maximum atomic E-state index is 6.07. The van der Waals surface area contributed by atoms with Gasteiger partial charge in [0, 0.05) is 65.4 Å². The van der Waals surface area contributed by atoms with Gasteiger partial charge in [0.05, 0.1) is 26.4 Å². The Kier molecular flexibility index (Phi) is 12.3. The SMILES string of the molecule is c1ccc(CN2CCNCCOCCNCCN(Cc3ccccc3)CCOCC2)cc1. The molecule has 32 heavy (non-hydrogen) atoms. The summed E-state index contributed by atoms with van der Waals surface area (Å²) >= 11 is 0. The van der Waals surface area contributed by atoms with Gasteiger partial charge < -0.3 is 20.1 Å². The number of rotatable bonds is 4. The van der Waals surface area contributed by atoms with Crippen molar-refractivity contribution in [1.82, 2.24) is 20.4 Å². The zero-order chi connectivity index (χ0) is 22.1. The molecule has 1 saturated heterocycles. The topological polar surface area (TPSA) is 49.0 Å². The van der Waals surface area contributed by atoms with Gasteiger partial charge in [-0.3, -0.25) is 9.80 Å². The molecule has 6 nitrogen and oxygen atoms in total. The van der Waals surface area contributed by atoms with Crippen LogP contribution in [-0.4, -0.2) is 88.6 Å². The van der Waals surface area contributed by atoms with E-state index in [1.165, 1.54) is 11.1 Å². The Hall–Kier alpha value is -1.80. The molecule has 0 atom stereocenters. The summed E-state index contributed by atoms with van der Waals surface area (Å²) in [6.07, 6.45) is 0. The molecule has 0 aliphatic carbocycles. The molecule has 0 spiro atoms. The van der Waals surface area contributed by atoms with Gasteiger partial charge in [0.1, 0.15) is 0 Å². The molecular weight excluding hydrogens is 400 g/mol. The normalized spacial score (nSPS) is 19.8. The Bertz CT molecular complexity index is 642. The standard InChI is InChI=1S/C26H40N4O2/c1-3-7-25(8-4-1)23-29-15-11-27-13-19-31-20-14-28-12-16-30(18-22-32-21-17-29)24-26-9-5-2-6-10-26/h1-10,27-28H,11-24H2. The van der Waals surface area contributed by atoms with E-state index in [4.69, 9.17) is 9.47 Å². The predicted octanol–water partition coefficient (Wildman–Crippen LogP) is 2.22. The van der Waals surface area contributed by atoms with Gasteiger partial charge in [-0.1, -0.05) is 60.7 Å². The van der Waals surface area contributed by atoms with E-state index in [0.29, 0.717) is 0 Å². The molecule has 176 valence electrons. The van der Waals surface area contributed by atoms with Crippen molar-refractivity contribution in [3.63, 3.8) is 0 Å². The lowest BCUT2D eigenvalue weighted by Crippen LogP contribution is -2.37. The average Bonchev–Trinajstić information content (AvgIpc) is 2.82. The van der Waals surface area contributed by atoms with E-state index in [2.05, 4.69) is 81.1 Å². The third kappa shape index (κ3) is 10.7. The Balaban J connectivity index is 1.50. The van der Waals surface area contributed by atoms with Crippen LogP contribution in [0.1, 0.15) is 11.1 Å². The van der Waals surface area contributed by atoms with Gasteiger partial charge in [-0.2, -0.15) is 0 Å². The van der Waals surface area contributed by atoms with Crippen molar-refractivity contribution in [2.45, 2.75) is 13.1 Å². The molecule has 0 amide bonds. The highest BCUT2D eigenvalue weighted by molar-refractivity contribution is 5.15. The molecule has 1 heterocycles. The van der Waals surface area contributed by atoms with E-state index in [1.54, 1.807) is 0 Å². The van der Waals surface area contributed by atoms with E-state index >= 15 is 0 Å². The van der Waals surface area contributed by atoms with E-state index < -0.39 is 0 Å². The molecule has 1 fully saturated rings. The van der Waals surface area contributed by atoms with Crippen LogP contribution < -0.4 is 10.6 Å². The fourth-order valence-electron chi connectivity index (χ4n) is 3.83. The second-order valence-electron chi connectivity index (χ2n) is 8.25. The summed E-state index contributed by atoms with van der Waals surface area (Å²) in [4.78, 5) is 4.94. The lowest BCUT2D eigenvalue weighted by molar-refractivity contribution is 0.0783. The molecule has 0 unspecified atom stereocenters. The van der Waals surface area contributed by atoms with Crippen LogP contribution in [0.4, 0.5) is 0 Å². The van der Waals surface area contributed by atoms with Crippen molar-refractivity contribution < 1.29 is 9.47 Å². The lowest BCUT2D eigenvalue weighted by atomic mass is 10.2. The van der Waals surface area contributed by atoms with Gasteiger partial charge in [-0.05, 0) is 11.1 Å². The smallest absolute Gasteiger partial charge is 0.0594 e. The van der Waals surface area contributed by atoms with Crippen LogP contribution in [0.2, 0.25) is 0 Å². The van der Waals surface area contributed by atoms with Crippen molar-refractivity contribution in [1.29, 1.82) is 0 Å². The number of nitrogens with one attached hydrogen (secondary N) is 2. The van der Waals surface area contributed by atoms with Gasteiger partial charge in [-0.15, -0.1) is 0 Å². The van der Waals surface area contributed by atoms with Crippen molar-refractivity contribution in [3.05, 3.63) is 71.8 Å². The molecule has 0 radical (unpaired) electrons. The fourth-order valence-corrected chi connectivity index (χ4v) is 3.83.